The molecule has 0 aliphatic rings. The van der Waals surface area contributed by atoms with Crippen LogP contribution in [0, 0.1) is 0 Å². The highest BCUT2D eigenvalue weighted by molar-refractivity contribution is 7.90. The maximum absolute atomic E-state index is 12.0. The predicted octanol–water partition coefficient (Wildman–Crippen LogP) is 0.336. The molecular weight excluding hydrogens is 292 g/mol. The number of benzene rings is 1. The Morgan fingerprint density at radius 3 is 2.43 bits per heavy atom. The monoisotopic (exact) mass is 308 g/mol. The minimum atomic E-state index is -3.21. The molecular formula is C13H16N4O3S. The molecule has 1 heterocycles. The van der Waals surface area contributed by atoms with Gasteiger partial charge >= 0.3 is 0 Å². The highest BCUT2D eigenvalue weighted by atomic mass is 32.2. The number of carbonyl (C=O) groups excluding carboxylic acids is 1. The van der Waals surface area contributed by atoms with Crippen molar-refractivity contribution in [3.05, 3.63) is 41.7 Å². The van der Waals surface area contributed by atoms with Gasteiger partial charge in [0.1, 0.15) is 5.69 Å². The fourth-order valence-electron chi connectivity index (χ4n) is 1.85. The third-order valence-electron chi connectivity index (χ3n) is 2.99. The molecule has 0 aliphatic carbocycles. The summed E-state index contributed by atoms with van der Waals surface area (Å²) in [6, 6.07) is 6.33. The number of nitrogens with zero attached hydrogens (tertiary/aromatic N) is 2. The number of nitrogens with two attached hydrogens (primary N) is 1. The first-order valence-electron chi connectivity index (χ1n) is 6.13. The van der Waals surface area contributed by atoms with Crippen LogP contribution < -0.4 is 11.1 Å². The van der Waals surface area contributed by atoms with E-state index in [-0.39, 0.29) is 17.3 Å². The average Bonchev–Trinajstić information content (AvgIpc) is 2.75. The molecule has 0 saturated heterocycles. The Morgan fingerprint density at radius 2 is 1.95 bits per heavy atom. The third-order valence-corrected chi connectivity index (χ3v) is 4.12. The van der Waals surface area contributed by atoms with Crippen molar-refractivity contribution in [1.82, 2.24) is 15.1 Å². The molecule has 1 aromatic carbocycles. The molecule has 3 N–H and O–H groups in total. The standard InChI is InChI=1S/C13H16N4O3S/c1-17-12(11(14)8-16-17)13(18)15-7-9-3-5-10(6-4-9)21(2,19)20/h3-6,8H,7,14H2,1-2H3,(H,15,18). The fraction of sp³-hybridized carbons (Fsp3) is 0.231. The van der Waals surface area contributed by atoms with Gasteiger partial charge in [-0.05, 0) is 17.7 Å². The van der Waals surface area contributed by atoms with Gasteiger partial charge in [-0.25, -0.2) is 8.42 Å². The van der Waals surface area contributed by atoms with E-state index < -0.39 is 9.84 Å². The molecule has 7 nitrogen and oxygen atoms in total. The van der Waals surface area contributed by atoms with E-state index in [1.165, 1.54) is 23.0 Å². The second kappa shape index (κ2) is 5.57. The summed E-state index contributed by atoms with van der Waals surface area (Å²) in [7, 11) is -1.58. The number of hydrogen-bond donors (Lipinski definition) is 2. The molecule has 1 amide bonds. The lowest BCUT2D eigenvalue weighted by Crippen LogP contribution is -2.26. The molecule has 0 unspecified atom stereocenters. The quantitative estimate of drug-likeness (QED) is 0.846. The zero-order chi connectivity index (χ0) is 15.6. The first kappa shape index (κ1) is 15.0. The van der Waals surface area contributed by atoms with Crippen molar-refractivity contribution in [1.29, 1.82) is 0 Å². The number of nitrogens with one attached hydrogen (secondary N) is 1. The molecule has 112 valence electrons. The first-order valence-corrected chi connectivity index (χ1v) is 8.03. The number of aryl methyl sites for hydroxylation is 1. The van der Waals surface area contributed by atoms with E-state index in [9.17, 15) is 13.2 Å². The summed E-state index contributed by atoms with van der Waals surface area (Å²) in [6.07, 6.45) is 2.56. The normalized spacial score (nSPS) is 11.3. The van der Waals surface area contributed by atoms with Gasteiger partial charge in [0.05, 0.1) is 16.8 Å². The van der Waals surface area contributed by atoms with Crippen LogP contribution in [0.2, 0.25) is 0 Å². The van der Waals surface area contributed by atoms with Crippen molar-refractivity contribution < 1.29 is 13.2 Å². The molecule has 0 radical (unpaired) electrons. The van der Waals surface area contributed by atoms with Crippen LogP contribution in [0.15, 0.2) is 35.4 Å². The van der Waals surface area contributed by atoms with Crippen molar-refractivity contribution >= 4 is 21.4 Å². The van der Waals surface area contributed by atoms with Crippen molar-refractivity contribution in [2.45, 2.75) is 11.4 Å². The Balaban J connectivity index is 2.05. The lowest BCUT2D eigenvalue weighted by molar-refractivity contribution is 0.0942. The van der Waals surface area contributed by atoms with E-state index in [1.54, 1.807) is 19.2 Å². The predicted molar refractivity (Wildman–Crippen MR) is 78.3 cm³/mol. The van der Waals surface area contributed by atoms with Gasteiger partial charge in [-0.1, -0.05) is 12.1 Å². The number of aromatic nitrogens is 2. The SMILES string of the molecule is Cn1ncc(N)c1C(=O)NCc1ccc(S(C)(=O)=O)cc1. The van der Waals surface area contributed by atoms with Crippen molar-refractivity contribution in [3.63, 3.8) is 0 Å². The van der Waals surface area contributed by atoms with Gasteiger partial charge in [0.25, 0.3) is 5.91 Å². The van der Waals surface area contributed by atoms with Crippen molar-refractivity contribution in [2.24, 2.45) is 7.05 Å². The molecule has 0 atom stereocenters. The molecule has 0 aliphatic heterocycles. The number of anilines is 1. The molecule has 0 spiro atoms. The average molecular weight is 308 g/mol. The lowest BCUT2D eigenvalue weighted by atomic mass is 10.2. The summed E-state index contributed by atoms with van der Waals surface area (Å²) in [5, 5.41) is 6.61. The fourth-order valence-corrected chi connectivity index (χ4v) is 2.48. The Hall–Kier alpha value is -2.35. The second-order valence-electron chi connectivity index (χ2n) is 4.67. The maximum Gasteiger partial charge on any atom is 0.271 e. The van der Waals surface area contributed by atoms with E-state index in [2.05, 4.69) is 10.4 Å². The largest absolute Gasteiger partial charge is 0.396 e. The van der Waals surface area contributed by atoms with Gasteiger partial charge in [0, 0.05) is 19.8 Å². The molecule has 2 aromatic rings. The van der Waals surface area contributed by atoms with E-state index in [0.29, 0.717) is 11.4 Å². The summed E-state index contributed by atoms with van der Waals surface area (Å²) < 4.78 is 24.1. The van der Waals surface area contributed by atoms with E-state index in [1.807, 2.05) is 0 Å². The van der Waals surface area contributed by atoms with Crippen LogP contribution in [-0.2, 0) is 23.4 Å². The topological polar surface area (TPSA) is 107 Å². The van der Waals surface area contributed by atoms with Gasteiger partial charge in [-0.2, -0.15) is 5.10 Å². The van der Waals surface area contributed by atoms with Crippen LogP contribution in [-0.4, -0.2) is 30.4 Å². The zero-order valence-electron chi connectivity index (χ0n) is 11.7. The van der Waals surface area contributed by atoms with Crippen LogP contribution in [0.5, 0.6) is 0 Å². The molecule has 0 fully saturated rings. The smallest absolute Gasteiger partial charge is 0.271 e. The first-order chi connectivity index (χ1) is 9.79. The number of rotatable bonds is 4. The number of amides is 1. The highest BCUT2D eigenvalue weighted by Crippen LogP contribution is 2.11. The lowest BCUT2D eigenvalue weighted by Gasteiger charge is -2.07. The summed E-state index contributed by atoms with van der Waals surface area (Å²) in [4.78, 5) is 12.2. The van der Waals surface area contributed by atoms with Gasteiger partial charge in [-0.3, -0.25) is 9.48 Å². The highest BCUT2D eigenvalue weighted by Gasteiger charge is 2.14. The summed E-state index contributed by atoms with van der Waals surface area (Å²) in [6.45, 7) is 0.271. The molecule has 1 aromatic heterocycles. The van der Waals surface area contributed by atoms with Crippen LogP contribution in [0.3, 0.4) is 0 Å². The van der Waals surface area contributed by atoms with Gasteiger partial charge < -0.3 is 11.1 Å². The Kier molecular flexibility index (Phi) is 3.99. The molecule has 0 saturated carbocycles. The molecule has 2 rings (SSSR count). The number of sulfone groups is 1. The minimum Gasteiger partial charge on any atom is -0.396 e. The van der Waals surface area contributed by atoms with Gasteiger partial charge in [-0.15, -0.1) is 0 Å². The Bertz CT molecular complexity index is 744. The van der Waals surface area contributed by atoms with Crippen molar-refractivity contribution in [3.8, 4) is 0 Å². The summed E-state index contributed by atoms with van der Waals surface area (Å²) >= 11 is 0. The van der Waals surface area contributed by atoms with E-state index in [0.717, 1.165) is 11.8 Å². The summed E-state index contributed by atoms with van der Waals surface area (Å²) in [5.41, 5.74) is 7.06. The number of carbonyl (C=O) groups is 1. The zero-order valence-corrected chi connectivity index (χ0v) is 12.5. The van der Waals surface area contributed by atoms with Gasteiger partial charge in [0.15, 0.2) is 9.84 Å². The minimum absolute atomic E-state index is 0.244. The molecule has 8 heteroatoms. The molecule has 21 heavy (non-hydrogen) atoms. The Morgan fingerprint density at radius 1 is 1.33 bits per heavy atom. The van der Waals surface area contributed by atoms with Crippen LogP contribution in [0.4, 0.5) is 5.69 Å². The summed E-state index contributed by atoms with van der Waals surface area (Å²) in [5.74, 6) is -0.334. The second-order valence-corrected chi connectivity index (χ2v) is 6.69. The van der Waals surface area contributed by atoms with Crippen LogP contribution >= 0.6 is 0 Å². The Labute approximate surface area is 122 Å². The van der Waals surface area contributed by atoms with Crippen LogP contribution in [0.1, 0.15) is 16.1 Å². The third kappa shape index (κ3) is 3.40. The maximum atomic E-state index is 12.0. The van der Waals surface area contributed by atoms with Gasteiger partial charge in [0.2, 0.25) is 0 Å². The number of nitrogen functional groups attached to an aromatic ring is 1. The molecule has 0 bridgehead atoms. The van der Waals surface area contributed by atoms with E-state index in [4.69, 9.17) is 5.73 Å². The van der Waals surface area contributed by atoms with E-state index >= 15 is 0 Å². The van der Waals surface area contributed by atoms with Crippen molar-refractivity contribution in [2.75, 3.05) is 12.0 Å². The number of hydrogen-bond acceptors (Lipinski definition) is 5. The van der Waals surface area contributed by atoms with Crippen LogP contribution in [0.25, 0.3) is 0 Å².